The molecule has 0 radical (unpaired) electrons. The zero-order valence-electron chi connectivity index (χ0n) is 10.2. The molecule has 0 aliphatic carbocycles. The molecule has 0 amide bonds. The minimum absolute atomic E-state index is 0.0329. The fourth-order valence-corrected chi connectivity index (χ4v) is 1.70. The van der Waals surface area contributed by atoms with Crippen LogP contribution in [-0.2, 0) is 17.8 Å². The molecule has 0 aromatic heterocycles. The van der Waals surface area contributed by atoms with Crippen LogP contribution in [0.15, 0.2) is 48.5 Å². The van der Waals surface area contributed by atoms with Crippen LogP contribution in [0.3, 0.4) is 0 Å². The summed E-state index contributed by atoms with van der Waals surface area (Å²) in [5, 5.41) is 18.3. The minimum atomic E-state index is -0.990. The van der Waals surface area contributed by atoms with Gasteiger partial charge in [-0.3, -0.25) is 4.79 Å². The Balaban J connectivity index is 2.06. The number of phenols is 1. The molecule has 98 valence electrons. The monoisotopic (exact) mass is 258 g/mol. The van der Waals surface area contributed by atoms with E-state index < -0.39 is 5.97 Å². The van der Waals surface area contributed by atoms with E-state index >= 15 is 0 Å². The van der Waals surface area contributed by atoms with Gasteiger partial charge in [-0.05, 0) is 23.8 Å². The zero-order chi connectivity index (χ0) is 13.7. The second-order valence-electron chi connectivity index (χ2n) is 4.14. The first-order chi connectivity index (χ1) is 9.15. The van der Waals surface area contributed by atoms with E-state index in [9.17, 15) is 9.90 Å². The van der Waals surface area contributed by atoms with Gasteiger partial charge in [0.05, 0.1) is 6.42 Å². The quantitative estimate of drug-likeness (QED) is 0.865. The summed E-state index contributed by atoms with van der Waals surface area (Å²) >= 11 is 0. The number of hydrogen-bond donors (Lipinski definition) is 2. The van der Waals surface area contributed by atoms with E-state index in [-0.39, 0.29) is 12.2 Å². The predicted molar refractivity (Wildman–Crippen MR) is 70.2 cm³/mol. The van der Waals surface area contributed by atoms with Gasteiger partial charge in [-0.2, -0.15) is 0 Å². The molecule has 19 heavy (non-hydrogen) atoms. The van der Waals surface area contributed by atoms with E-state index in [1.165, 1.54) is 6.07 Å². The molecular weight excluding hydrogens is 244 g/mol. The van der Waals surface area contributed by atoms with Crippen LogP contribution in [0, 0.1) is 0 Å². The highest BCUT2D eigenvalue weighted by Crippen LogP contribution is 2.24. The number of phenolic OH excluding ortho intramolecular Hbond substituents is 1. The standard InChI is InChI=1S/C15H14O4/c16-14-7-6-13(8-12(14)9-15(17)18)19-10-11-4-2-1-3-5-11/h1-8,16H,9-10H2,(H,17,18). The smallest absolute Gasteiger partial charge is 0.307 e. The molecule has 0 saturated heterocycles. The maximum absolute atomic E-state index is 10.7. The normalized spacial score (nSPS) is 10.1. The fourth-order valence-electron chi connectivity index (χ4n) is 1.70. The van der Waals surface area contributed by atoms with Crippen LogP contribution in [-0.4, -0.2) is 16.2 Å². The number of rotatable bonds is 5. The molecule has 4 heteroatoms. The highest BCUT2D eigenvalue weighted by Gasteiger charge is 2.08. The number of carboxylic acid groups (broad SMARTS) is 1. The van der Waals surface area contributed by atoms with Crippen molar-refractivity contribution in [3.8, 4) is 11.5 Å². The van der Waals surface area contributed by atoms with E-state index in [1.54, 1.807) is 12.1 Å². The molecule has 2 aromatic carbocycles. The van der Waals surface area contributed by atoms with Crippen molar-refractivity contribution < 1.29 is 19.7 Å². The minimum Gasteiger partial charge on any atom is -0.508 e. The van der Waals surface area contributed by atoms with Gasteiger partial charge in [0.2, 0.25) is 0 Å². The van der Waals surface area contributed by atoms with Gasteiger partial charge in [-0.25, -0.2) is 0 Å². The van der Waals surface area contributed by atoms with Crippen molar-refractivity contribution in [2.24, 2.45) is 0 Å². The first-order valence-electron chi connectivity index (χ1n) is 5.85. The van der Waals surface area contributed by atoms with Gasteiger partial charge in [0.15, 0.2) is 0 Å². The molecule has 2 rings (SSSR count). The average Bonchev–Trinajstić information content (AvgIpc) is 2.40. The Bertz CT molecular complexity index is 564. The van der Waals surface area contributed by atoms with Crippen LogP contribution >= 0.6 is 0 Å². The van der Waals surface area contributed by atoms with Gasteiger partial charge < -0.3 is 14.9 Å². The lowest BCUT2D eigenvalue weighted by Gasteiger charge is -2.08. The van der Waals surface area contributed by atoms with Crippen LogP contribution in [0.1, 0.15) is 11.1 Å². The second kappa shape index (κ2) is 5.91. The second-order valence-corrected chi connectivity index (χ2v) is 4.14. The van der Waals surface area contributed by atoms with Crippen molar-refractivity contribution in [3.05, 3.63) is 59.7 Å². The number of aromatic hydroxyl groups is 1. The first-order valence-corrected chi connectivity index (χ1v) is 5.85. The molecule has 0 saturated carbocycles. The SMILES string of the molecule is O=C(O)Cc1cc(OCc2ccccc2)ccc1O. The summed E-state index contributed by atoms with van der Waals surface area (Å²) in [5.74, 6) is -0.483. The number of hydrogen-bond acceptors (Lipinski definition) is 3. The zero-order valence-corrected chi connectivity index (χ0v) is 10.2. The number of carboxylic acids is 1. The average molecular weight is 258 g/mol. The van der Waals surface area contributed by atoms with E-state index in [2.05, 4.69) is 0 Å². The van der Waals surface area contributed by atoms with Gasteiger partial charge in [0.25, 0.3) is 0 Å². The van der Waals surface area contributed by atoms with Crippen molar-refractivity contribution in [1.29, 1.82) is 0 Å². The topological polar surface area (TPSA) is 66.8 Å². The molecule has 2 aromatic rings. The van der Waals surface area contributed by atoms with Crippen molar-refractivity contribution in [3.63, 3.8) is 0 Å². The number of benzene rings is 2. The Morgan fingerprint density at radius 1 is 1.11 bits per heavy atom. The Morgan fingerprint density at radius 2 is 1.84 bits per heavy atom. The van der Waals surface area contributed by atoms with Gasteiger partial charge in [0, 0.05) is 5.56 Å². The van der Waals surface area contributed by atoms with Crippen LogP contribution in [0.2, 0.25) is 0 Å². The third kappa shape index (κ3) is 3.74. The van der Waals surface area contributed by atoms with Crippen molar-refractivity contribution in [2.75, 3.05) is 0 Å². The summed E-state index contributed by atoms with van der Waals surface area (Å²) in [5.41, 5.74) is 1.37. The Morgan fingerprint density at radius 3 is 2.53 bits per heavy atom. The molecular formula is C15H14O4. The van der Waals surface area contributed by atoms with Gasteiger partial charge in [0.1, 0.15) is 18.1 Å². The molecule has 0 unspecified atom stereocenters. The third-order valence-electron chi connectivity index (χ3n) is 2.64. The molecule has 0 aliphatic rings. The molecule has 0 fully saturated rings. The lowest BCUT2D eigenvalue weighted by Crippen LogP contribution is -2.01. The first kappa shape index (κ1) is 13.0. The number of aliphatic carboxylic acids is 1. The molecule has 0 atom stereocenters. The van der Waals surface area contributed by atoms with Gasteiger partial charge in [-0.15, -0.1) is 0 Å². The van der Waals surface area contributed by atoms with Gasteiger partial charge >= 0.3 is 5.97 Å². The number of ether oxygens (including phenoxy) is 1. The molecule has 0 aliphatic heterocycles. The highest BCUT2D eigenvalue weighted by atomic mass is 16.5. The summed E-state index contributed by atoms with van der Waals surface area (Å²) < 4.78 is 5.57. The summed E-state index contributed by atoms with van der Waals surface area (Å²) in [6.45, 7) is 0.401. The van der Waals surface area contributed by atoms with Gasteiger partial charge in [-0.1, -0.05) is 30.3 Å². The summed E-state index contributed by atoms with van der Waals surface area (Å²) in [7, 11) is 0. The van der Waals surface area contributed by atoms with E-state index in [0.717, 1.165) is 5.56 Å². The van der Waals surface area contributed by atoms with E-state index in [0.29, 0.717) is 17.9 Å². The third-order valence-corrected chi connectivity index (χ3v) is 2.64. The Labute approximate surface area is 110 Å². The van der Waals surface area contributed by atoms with Crippen molar-refractivity contribution in [1.82, 2.24) is 0 Å². The summed E-state index contributed by atoms with van der Waals surface area (Å²) in [6.07, 6.45) is -0.228. The van der Waals surface area contributed by atoms with Crippen LogP contribution in [0.25, 0.3) is 0 Å². The molecule has 4 nitrogen and oxygen atoms in total. The Hall–Kier alpha value is -2.49. The van der Waals surface area contributed by atoms with E-state index in [4.69, 9.17) is 9.84 Å². The molecule has 0 heterocycles. The van der Waals surface area contributed by atoms with Crippen molar-refractivity contribution >= 4 is 5.97 Å². The fraction of sp³-hybridized carbons (Fsp3) is 0.133. The maximum Gasteiger partial charge on any atom is 0.307 e. The largest absolute Gasteiger partial charge is 0.508 e. The number of carbonyl (C=O) groups is 1. The molecule has 0 spiro atoms. The van der Waals surface area contributed by atoms with E-state index in [1.807, 2.05) is 30.3 Å². The van der Waals surface area contributed by atoms with Crippen LogP contribution in [0.5, 0.6) is 11.5 Å². The summed E-state index contributed by atoms with van der Waals surface area (Å²) in [4.78, 5) is 10.7. The lowest BCUT2D eigenvalue weighted by atomic mass is 10.1. The highest BCUT2D eigenvalue weighted by molar-refractivity contribution is 5.71. The molecule has 2 N–H and O–H groups in total. The lowest BCUT2D eigenvalue weighted by molar-refractivity contribution is -0.136. The van der Waals surface area contributed by atoms with Crippen molar-refractivity contribution in [2.45, 2.75) is 13.0 Å². The summed E-state index contributed by atoms with van der Waals surface area (Å²) in [6, 6.07) is 14.3. The molecule has 0 bridgehead atoms. The van der Waals surface area contributed by atoms with Crippen LogP contribution < -0.4 is 4.74 Å². The maximum atomic E-state index is 10.7. The Kier molecular flexibility index (Phi) is 4.03. The predicted octanol–water partition coefficient (Wildman–Crippen LogP) is 2.60. The van der Waals surface area contributed by atoms with Crippen LogP contribution in [0.4, 0.5) is 0 Å².